The monoisotopic (exact) mass is 361 g/mol. The number of hydrogen-bond acceptors (Lipinski definition) is 3. The predicted octanol–water partition coefficient (Wildman–Crippen LogP) is 4.12. The van der Waals surface area contributed by atoms with Crippen LogP contribution in [0.5, 0.6) is 0 Å². The Bertz CT molecular complexity index is 970. The van der Waals surface area contributed by atoms with E-state index in [1.165, 1.54) is 24.4 Å². The van der Waals surface area contributed by atoms with Gasteiger partial charge in [-0.25, -0.2) is 4.39 Å². The van der Waals surface area contributed by atoms with E-state index in [-0.39, 0.29) is 11.8 Å². The fraction of sp³-hybridized carbons (Fsp3) is 0. The maximum absolute atomic E-state index is 13.5. The highest BCUT2D eigenvalue weighted by atomic mass is 19.1. The van der Waals surface area contributed by atoms with E-state index in [2.05, 4.69) is 15.6 Å². The molecule has 0 aliphatic heterocycles. The third-order valence-electron chi connectivity index (χ3n) is 3.65. The van der Waals surface area contributed by atoms with Crippen LogP contribution in [0.4, 0.5) is 15.8 Å². The van der Waals surface area contributed by atoms with Gasteiger partial charge in [0.05, 0.1) is 5.56 Å². The Morgan fingerprint density at radius 3 is 2.26 bits per heavy atom. The molecule has 0 radical (unpaired) electrons. The van der Waals surface area contributed by atoms with Crippen molar-refractivity contribution in [1.29, 1.82) is 0 Å². The molecule has 3 aromatic rings. The number of rotatable bonds is 5. The highest BCUT2D eigenvalue weighted by Gasteiger charge is 2.06. The van der Waals surface area contributed by atoms with Crippen molar-refractivity contribution in [2.45, 2.75) is 0 Å². The topological polar surface area (TPSA) is 71.1 Å². The molecule has 0 aliphatic carbocycles. The Balaban J connectivity index is 1.58. The Kier molecular flexibility index (Phi) is 5.69. The molecule has 1 aromatic heterocycles. The van der Waals surface area contributed by atoms with Crippen molar-refractivity contribution < 1.29 is 14.0 Å². The molecule has 0 atom stereocenters. The largest absolute Gasteiger partial charge is 0.323 e. The zero-order valence-corrected chi connectivity index (χ0v) is 14.2. The minimum atomic E-state index is -0.393. The number of nitrogens with one attached hydrogen (secondary N) is 2. The van der Waals surface area contributed by atoms with Crippen LogP contribution < -0.4 is 10.6 Å². The van der Waals surface area contributed by atoms with E-state index < -0.39 is 5.82 Å². The first-order valence-electron chi connectivity index (χ1n) is 8.17. The van der Waals surface area contributed by atoms with Gasteiger partial charge in [-0.05, 0) is 48.5 Å². The summed E-state index contributed by atoms with van der Waals surface area (Å²) in [4.78, 5) is 27.9. The standard InChI is InChI=1S/C21H16FN3O2/c22-19-6-2-1-4-15(19)7-12-20(26)24-17-8-10-18(11-9-17)25-21(27)16-5-3-13-23-14-16/h1-14H,(H,24,26)(H,25,27)/b12-7+. The second kappa shape index (κ2) is 8.53. The summed E-state index contributed by atoms with van der Waals surface area (Å²) in [6, 6.07) is 16.2. The number of carbonyl (C=O) groups excluding carboxylic acids is 2. The Morgan fingerprint density at radius 1 is 0.889 bits per heavy atom. The first kappa shape index (κ1) is 18.0. The van der Waals surface area contributed by atoms with Crippen molar-refractivity contribution in [3.05, 3.63) is 96.1 Å². The number of nitrogens with zero attached hydrogens (tertiary/aromatic N) is 1. The molecular formula is C21H16FN3O2. The number of hydrogen-bond donors (Lipinski definition) is 2. The molecule has 0 saturated heterocycles. The SMILES string of the molecule is O=C(/C=C/c1ccccc1F)Nc1ccc(NC(=O)c2cccnc2)cc1. The van der Waals surface area contributed by atoms with Gasteiger partial charge in [-0.15, -0.1) is 0 Å². The Morgan fingerprint density at radius 2 is 1.59 bits per heavy atom. The average Bonchev–Trinajstić information content (AvgIpc) is 2.69. The van der Waals surface area contributed by atoms with E-state index in [4.69, 9.17) is 0 Å². The van der Waals surface area contributed by atoms with Crippen molar-refractivity contribution in [1.82, 2.24) is 4.98 Å². The molecule has 0 aliphatic rings. The molecule has 27 heavy (non-hydrogen) atoms. The summed E-state index contributed by atoms with van der Waals surface area (Å²) in [5, 5.41) is 5.42. The van der Waals surface area contributed by atoms with Gasteiger partial charge in [0.2, 0.25) is 5.91 Å². The van der Waals surface area contributed by atoms with Crippen LogP contribution in [0.1, 0.15) is 15.9 Å². The van der Waals surface area contributed by atoms with E-state index in [1.54, 1.807) is 60.8 Å². The highest BCUT2D eigenvalue weighted by molar-refractivity contribution is 6.04. The van der Waals surface area contributed by atoms with Crippen molar-refractivity contribution in [3.8, 4) is 0 Å². The molecule has 2 N–H and O–H groups in total. The van der Waals surface area contributed by atoms with Gasteiger partial charge in [0, 0.05) is 35.4 Å². The number of pyridine rings is 1. The molecule has 2 amide bonds. The summed E-state index contributed by atoms with van der Waals surface area (Å²) < 4.78 is 13.5. The molecular weight excluding hydrogens is 345 g/mol. The van der Waals surface area contributed by atoms with Gasteiger partial charge in [0.15, 0.2) is 0 Å². The lowest BCUT2D eigenvalue weighted by molar-refractivity contribution is -0.111. The third kappa shape index (κ3) is 5.09. The predicted molar refractivity (Wildman–Crippen MR) is 103 cm³/mol. The lowest BCUT2D eigenvalue weighted by Gasteiger charge is -2.07. The van der Waals surface area contributed by atoms with E-state index in [0.29, 0.717) is 22.5 Å². The third-order valence-corrected chi connectivity index (χ3v) is 3.65. The quantitative estimate of drug-likeness (QED) is 0.672. The number of benzene rings is 2. The molecule has 0 saturated carbocycles. The Hall–Kier alpha value is -3.80. The summed E-state index contributed by atoms with van der Waals surface area (Å²) in [5.74, 6) is -1.05. The van der Waals surface area contributed by atoms with Gasteiger partial charge < -0.3 is 10.6 Å². The highest BCUT2D eigenvalue weighted by Crippen LogP contribution is 2.15. The summed E-state index contributed by atoms with van der Waals surface area (Å²) >= 11 is 0. The van der Waals surface area contributed by atoms with Crippen molar-refractivity contribution in [2.75, 3.05) is 10.6 Å². The molecule has 0 bridgehead atoms. The maximum atomic E-state index is 13.5. The van der Waals surface area contributed by atoms with E-state index in [9.17, 15) is 14.0 Å². The molecule has 1 heterocycles. The summed E-state index contributed by atoms with van der Waals surface area (Å²) in [7, 11) is 0. The fourth-order valence-corrected chi connectivity index (χ4v) is 2.30. The van der Waals surface area contributed by atoms with Crippen LogP contribution in [-0.2, 0) is 4.79 Å². The second-order valence-electron chi connectivity index (χ2n) is 5.62. The Labute approximate surface area is 155 Å². The molecule has 5 nitrogen and oxygen atoms in total. The van der Waals surface area contributed by atoms with Crippen molar-refractivity contribution in [2.24, 2.45) is 0 Å². The smallest absolute Gasteiger partial charge is 0.257 e. The number of amides is 2. The van der Waals surface area contributed by atoms with Crippen LogP contribution >= 0.6 is 0 Å². The van der Waals surface area contributed by atoms with Crippen molar-refractivity contribution >= 4 is 29.3 Å². The first-order chi connectivity index (χ1) is 13.1. The van der Waals surface area contributed by atoms with Crippen LogP contribution in [0, 0.1) is 5.82 Å². The molecule has 0 spiro atoms. The number of aromatic nitrogens is 1. The molecule has 3 rings (SSSR count). The molecule has 0 unspecified atom stereocenters. The van der Waals surface area contributed by atoms with Gasteiger partial charge in [-0.2, -0.15) is 0 Å². The number of anilines is 2. The molecule has 6 heteroatoms. The molecule has 134 valence electrons. The van der Waals surface area contributed by atoms with Crippen LogP contribution in [0.25, 0.3) is 6.08 Å². The zero-order chi connectivity index (χ0) is 19.1. The number of halogens is 1. The van der Waals surface area contributed by atoms with Gasteiger partial charge in [0.1, 0.15) is 5.82 Å². The normalized spacial score (nSPS) is 10.6. The molecule has 0 fully saturated rings. The average molecular weight is 361 g/mol. The lowest BCUT2D eigenvalue weighted by Crippen LogP contribution is -2.12. The second-order valence-corrected chi connectivity index (χ2v) is 5.62. The van der Waals surface area contributed by atoms with Crippen LogP contribution in [0.2, 0.25) is 0 Å². The van der Waals surface area contributed by atoms with Crippen LogP contribution in [0.3, 0.4) is 0 Å². The minimum absolute atomic E-state index is 0.271. The minimum Gasteiger partial charge on any atom is -0.323 e. The summed E-state index contributed by atoms with van der Waals surface area (Å²) in [5.41, 5.74) is 1.93. The van der Waals surface area contributed by atoms with Crippen molar-refractivity contribution in [3.63, 3.8) is 0 Å². The van der Waals surface area contributed by atoms with E-state index in [1.807, 2.05) is 0 Å². The summed E-state index contributed by atoms with van der Waals surface area (Å²) in [6.07, 6.45) is 5.74. The molecule has 2 aromatic carbocycles. The van der Waals surface area contributed by atoms with Gasteiger partial charge >= 0.3 is 0 Å². The summed E-state index contributed by atoms with van der Waals surface area (Å²) in [6.45, 7) is 0. The fourth-order valence-electron chi connectivity index (χ4n) is 2.30. The maximum Gasteiger partial charge on any atom is 0.257 e. The van der Waals surface area contributed by atoms with Gasteiger partial charge in [-0.3, -0.25) is 14.6 Å². The van der Waals surface area contributed by atoms with Crippen LogP contribution in [-0.4, -0.2) is 16.8 Å². The first-order valence-corrected chi connectivity index (χ1v) is 8.17. The van der Waals surface area contributed by atoms with Gasteiger partial charge in [-0.1, -0.05) is 18.2 Å². The lowest BCUT2D eigenvalue weighted by atomic mass is 10.2. The van der Waals surface area contributed by atoms with Gasteiger partial charge in [0.25, 0.3) is 5.91 Å². The zero-order valence-electron chi connectivity index (χ0n) is 14.2. The van der Waals surface area contributed by atoms with E-state index >= 15 is 0 Å². The van der Waals surface area contributed by atoms with Crippen LogP contribution in [0.15, 0.2) is 79.1 Å². The van der Waals surface area contributed by atoms with E-state index in [0.717, 1.165) is 0 Å². The number of carbonyl (C=O) groups is 2.